The number of rotatable bonds is 1. The van der Waals surface area contributed by atoms with Crippen LogP contribution in [0.25, 0.3) is 0 Å². The van der Waals surface area contributed by atoms with Gasteiger partial charge in [-0.3, -0.25) is 0 Å². The Labute approximate surface area is 38.7 Å². The predicted molar refractivity (Wildman–Crippen MR) is 27.0 cm³/mol. The lowest BCUT2D eigenvalue weighted by Gasteiger charge is -1.94. The second-order valence-electron chi connectivity index (χ2n) is 1.01. The van der Waals surface area contributed by atoms with Crippen LogP contribution in [0.1, 0.15) is 0 Å². The van der Waals surface area contributed by atoms with E-state index in [1.54, 1.807) is 7.05 Å². The highest BCUT2D eigenvalue weighted by molar-refractivity contribution is 4.99. The van der Waals surface area contributed by atoms with Crippen molar-refractivity contribution in [1.82, 2.24) is 5.32 Å². The van der Waals surface area contributed by atoms with Crippen molar-refractivity contribution < 1.29 is 0 Å². The molecule has 0 bridgehead atoms. The summed E-state index contributed by atoms with van der Waals surface area (Å²) in [6.07, 6.45) is 4.91. The van der Waals surface area contributed by atoms with Crippen LogP contribution in [-0.2, 0) is 0 Å². The van der Waals surface area contributed by atoms with Gasteiger partial charge >= 0.3 is 0 Å². The molecule has 0 aromatic rings. The number of nitrogens with one attached hydrogen (secondary N) is 1. The van der Waals surface area contributed by atoms with E-state index in [-0.39, 0.29) is 6.04 Å². The molecule has 0 aliphatic heterocycles. The van der Waals surface area contributed by atoms with Gasteiger partial charge in [0.15, 0.2) is 0 Å². The zero-order valence-electron chi connectivity index (χ0n) is 3.86. The highest BCUT2D eigenvalue weighted by atomic mass is 14.8. The fraction of sp³-hybridized carbons (Fsp3) is 0.400. The van der Waals surface area contributed by atoms with Gasteiger partial charge in [-0.25, -0.2) is 0 Å². The summed E-state index contributed by atoms with van der Waals surface area (Å²) < 4.78 is 0. The average molecular weight is 82.1 g/mol. The van der Waals surface area contributed by atoms with Crippen LogP contribution in [0.4, 0.5) is 0 Å². The third-order valence-electron chi connectivity index (χ3n) is 0.550. The summed E-state index contributed by atoms with van der Waals surface area (Å²) in [7, 11) is 1.78. The minimum absolute atomic E-state index is 0.0370. The van der Waals surface area contributed by atoms with E-state index in [0.29, 0.717) is 0 Å². The topological polar surface area (TPSA) is 12.0 Å². The van der Waals surface area contributed by atoms with Gasteiger partial charge in [0, 0.05) is 0 Å². The highest BCUT2D eigenvalue weighted by Gasteiger charge is 1.82. The molecule has 0 saturated heterocycles. The normalized spacial score (nSPS) is 12.8. The molecule has 33 valence electrons. The van der Waals surface area contributed by atoms with Crippen LogP contribution < -0.4 is 5.32 Å². The van der Waals surface area contributed by atoms with Gasteiger partial charge in [0.2, 0.25) is 0 Å². The van der Waals surface area contributed by atoms with Crippen molar-refractivity contribution in [3.05, 3.63) is 6.92 Å². The Kier molecular flexibility index (Phi) is 2.52. The molecule has 1 atom stereocenters. The molecule has 0 saturated carbocycles. The van der Waals surface area contributed by atoms with E-state index in [1.165, 1.54) is 0 Å². The minimum Gasteiger partial charge on any atom is -0.307 e. The zero-order valence-corrected chi connectivity index (χ0v) is 3.86. The summed E-state index contributed by atoms with van der Waals surface area (Å²) in [5.74, 6) is 2.39. The molecule has 1 heteroatoms. The molecule has 0 aliphatic carbocycles. The first kappa shape index (κ1) is 5.52. The van der Waals surface area contributed by atoms with Crippen LogP contribution >= 0.6 is 0 Å². The van der Waals surface area contributed by atoms with Crippen LogP contribution in [0, 0.1) is 19.3 Å². The molecule has 0 aliphatic rings. The lowest BCUT2D eigenvalue weighted by atomic mass is 10.4. The van der Waals surface area contributed by atoms with Gasteiger partial charge in [-0.05, 0) is 14.0 Å². The Bertz CT molecular complexity index is 60.8. The van der Waals surface area contributed by atoms with Crippen LogP contribution in [0.15, 0.2) is 0 Å². The lowest BCUT2D eigenvalue weighted by Crippen LogP contribution is -2.18. The Morgan fingerprint density at radius 1 is 2.00 bits per heavy atom. The first-order valence-corrected chi connectivity index (χ1v) is 1.77. The van der Waals surface area contributed by atoms with E-state index in [1.807, 2.05) is 0 Å². The molecule has 0 heterocycles. The van der Waals surface area contributed by atoms with Gasteiger partial charge in [0.1, 0.15) is 0 Å². The van der Waals surface area contributed by atoms with Crippen LogP contribution in [0.5, 0.6) is 0 Å². The molecule has 1 radical (unpaired) electrons. The SMILES string of the molecule is C#CC([CH2])NC. The fourth-order valence-electron chi connectivity index (χ4n) is 0.0833. The average Bonchev–Trinajstić information content (AvgIpc) is 1.65. The number of hydrogen-bond acceptors (Lipinski definition) is 1. The first-order chi connectivity index (χ1) is 2.81. The maximum absolute atomic E-state index is 4.91. The van der Waals surface area contributed by atoms with Gasteiger partial charge in [0.25, 0.3) is 0 Å². The number of terminal acetylenes is 1. The van der Waals surface area contributed by atoms with E-state index >= 15 is 0 Å². The van der Waals surface area contributed by atoms with E-state index < -0.39 is 0 Å². The predicted octanol–water partition coefficient (Wildman–Crippen LogP) is 0.0417. The third kappa shape index (κ3) is 1.80. The van der Waals surface area contributed by atoms with Crippen LogP contribution in [0.2, 0.25) is 0 Å². The maximum Gasteiger partial charge on any atom is 0.0685 e. The maximum atomic E-state index is 4.91. The summed E-state index contributed by atoms with van der Waals surface area (Å²) >= 11 is 0. The van der Waals surface area contributed by atoms with Crippen molar-refractivity contribution in [3.8, 4) is 12.3 Å². The molecule has 0 amide bonds. The second-order valence-corrected chi connectivity index (χ2v) is 1.01. The Hall–Kier alpha value is -0.480. The summed E-state index contributed by atoms with van der Waals surface area (Å²) in [6.45, 7) is 3.53. The van der Waals surface area contributed by atoms with Crippen molar-refractivity contribution >= 4 is 0 Å². The quantitative estimate of drug-likeness (QED) is 0.440. The standard InChI is InChI=1S/C5H8N/c1-4-5(2)6-3/h1,5-6H,2H2,3H3. The highest BCUT2D eigenvalue weighted by Crippen LogP contribution is 1.66. The Morgan fingerprint density at radius 3 is 2.50 bits per heavy atom. The van der Waals surface area contributed by atoms with E-state index in [0.717, 1.165) is 0 Å². The van der Waals surface area contributed by atoms with Gasteiger partial charge in [-0.1, -0.05) is 5.92 Å². The minimum atomic E-state index is -0.0370. The van der Waals surface area contributed by atoms with Crippen molar-refractivity contribution in [1.29, 1.82) is 0 Å². The molecule has 0 aromatic heterocycles. The van der Waals surface area contributed by atoms with Crippen molar-refractivity contribution in [3.63, 3.8) is 0 Å². The van der Waals surface area contributed by atoms with Gasteiger partial charge < -0.3 is 5.32 Å². The van der Waals surface area contributed by atoms with Crippen LogP contribution in [0.3, 0.4) is 0 Å². The van der Waals surface area contributed by atoms with Crippen molar-refractivity contribution in [2.75, 3.05) is 7.05 Å². The molecule has 0 aromatic carbocycles. The molecular formula is C5H8N. The fourth-order valence-corrected chi connectivity index (χ4v) is 0.0833. The van der Waals surface area contributed by atoms with Crippen molar-refractivity contribution in [2.24, 2.45) is 0 Å². The van der Waals surface area contributed by atoms with Crippen molar-refractivity contribution in [2.45, 2.75) is 6.04 Å². The lowest BCUT2D eigenvalue weighted by molar-refractivity contribution is 0.809. The summed E-state index contributed by atoms with van der Waals surface area (Å²) in [4.78, 5) is 0. The summed E-state index contributed by atoms with van der Waals surface area (Å²) in [6, 6.07) is -0.0370. The van der Waals surface area contributed by atoms with Gasteiger partial charge in [-0.2, -0.15) is 0 Å². The van der Waals surface area contributed by atoms with Gasteiger partial charge in [0.05, 0.1) is 6.04 Å². The summed E-state index contributed by atoms with van der Waals surface area (Å²) in [5.41, 5.74) is 0. The third-order valence-corrected chi connectivity index (χ3v) is 0.550. The Morgan fingerprint density at radius 2 is 2.50 bits per heavy atom. The molecule has 0 fully saturated rings. The molecule has 1 nitrogen and oxygen atoms in total. The van der Waals surface area contributed by atoms with Crippen LogP contribution in [-0.4, -0.2) is 13.1 Å². The second kappa shape index (κ2) is 2.74. The van der Waals surface area contributed by atoms with E-state index in [2.05, 4.69) is 18.2 Å². The van der Waals surface area contributed by atoms with E-state index in [9.17, 15) is 0 Å². The molecule has 6 heavy (non-hydrogen) atoms. The summed E-state index contributed by atoms with van der Waals surface area (Å²) in [5, 5.41) is 2.77. The molecular weight excluding hydrogens is 74.1 g/mol. The zero-order chi connectivity index (χ0) is 4.99. The number of hydrogen-bond donors (Lipinski definition) is 1. The Balaban J connectivity index is 3.04. The molecule has 0 rings (SSSR count). The largest absolute Gasteiger partial charge is 0.307 e. The smallest absolute Gasteiger partial charge is 0.0685 e. The van der Waals surface area contributed by atoms with Gasteiger partial charge in [-0.15, -0.1) is 6.42 Å². The first-order valence-electron chi connectivity index (χ1n) is 1.77. The molecule has 1 N–H and O–H groups in total. The van der Waals surface area contributed by atoms with E-state index in [4.69, 9.17) is 6.42 Å². The monoisotopic (exact) mass is 82.1 g/mol. The molecule has 1 unspecified atom stereocenters. The molecule has 0 spiro atoms.